The maximum Gasteiger partial charge on any atom is 0.313 e. The molecule has 8 heteroatoms. The largest absolute Gasteiger partial charge is 0.497 e. The smallest absolute Gasteiger partial charge is 0.313 e. The van der Waals surface area contributed by atoms with Crippen molar-refractivity contribution in [3.05, 3.63) is 58.6 Å². The molecule has 1 atom stereocenters. The lowest BCUT2D eigenvalue weighted by atomic mass is 10.0. The number of amides is 2. The zero-order valence-electron chi connectivity index (χ0n) is 18.2. The average molecular weight is 445 g/mol. The molecule has 0 bridgehead atoms. The molecule has 1 aliphatic heterocycles. The van der Waals surface area contributed by atoms with E-state index < -0.39 is 11.8 Å². The van der Waals surface area contributed by atoms with Gasteiger partial charge < -0.3 is 20.3 Å². The van der Waals surface area contributed by atoms with Crippen LogP contribution in [0.1, 0.15) is 17.2 Å². The molecule has 0 saturated carbocycles. The molecular weight excluding hydrogens is 416 g/mol. The maximum absolute atomic E-state index is 12.5. The Hall–Kier alpha value is -2.61. The van der Waals surface area contributed by atoms with Crippen molar-refractivity contribution >= 4 is 29.1 Å². The minimum atomic E-state index is -0.711. The Balaban J connectivity index is 1.67. The van der Waals surface area contributed by atoms with Crippen LogP contribution in [0.15, 0.2) is 42.5 Å². The number of hydrogen-bond acceptors (Lipinski definition) is 5. The zero-order valence-corrected chi connectivity index (χ0v) is 18.9. The van der Waals surface area contributed by atoms with Gasteiger partial charge in [0.25, 0.3) is 0 Å². The molecule has 1 aliphatic rings. The predicted molar refractivity (Wildman–Crippen MR) is 123 cm³/mol. The number of nitrogens with one attached hydrogen (secondary N) is 2. The van der Waals surface area contributed by atoms with E-state index in [1.807, 2.05) is 31.2 Å². The lowest BCUT2D eigenvalue weighted by Crippen LogP contribution is -2.49. The Labute approximate surface area is 188 Å². The average Bonchev–Trinajstić information content (AvgIpc) is 2.77. The molecule has 0 aliphatic carbocycles. The van der Waals surface area contributed by atoms with Gasteiger partial charge >= 0.3 is 11.8 Å². The van der Waals surface area contributed by atoms with Gasteiger partial charge in [0.2, 0.25) is 0 Å². The van der Waals surface area contributed by atoms with Crippen LogP contribution >= 0.6 is 11.6 Å². The van der Waals surface area contributed by atoms with Crippen LogP contribution in [0.4, 0.5) is 5.69 Å². The number of aryl methyl sites for hydroxylation is 1. The van der Waals surface area contributed by atoms with Crippen molar-refractivity contribution in [2.24, 2.45) is 0 Å². The highest BCUT2D eigenvalue weighted by molar-refractivity contribution is 6.40. The lowest BCUT2D eigenvalue weighted by Gasteiger charge is -2.38. The number of anilines is 1. The fraction of sp³-hybridized carbons (Fsp3) is 0.391. The second-order valence-corrected chi connectivity index (χ2v) is 8.19. The Kier molecular flexibility index (Phi) is 7.90. The van der Waals surface area contributed by atoms with Crippen molar-refractivity contribution in [1.82, 2.24) is 15.1 Å². The molecular formula is C23H29ClN4O3. The fourth-order valence-electron chi connectivity index (χ4n) is 3.60. The third-order valence-electron chi connectivity index (χ3n) is 5.59. The van der Waals surface area contributed by atoms with Crippen molar-refractivity contribution in [2.45, 2.75) is 13.0 Å². The van der Waals surface area contributed by atoms with E-state index in [1.54, 1.807) is 25.3 Å². The number of carbonyl (C=O) groups is 2. The number of benzene rings is 2. The number of likely N-dealkylation sites (N-methyl/N-ethyl adjacent to an activating group) is 1. The number of hydrogen-bond donors (Lipinski definition) is 2. The standard InChI is InChI=1S/C23H29ClN4O3/c1-16-4-7-18(24)14-20(16)26-23(30)22(29)25-15-21(28-12-10-27(2)11-13-28)17-5-8-19(31-3)9-6-17/h4-9,14,21H,10-13,15H2,1-3H3,(H,25,29)(H,26,30)/t21-/m0/s1. The lowest BCUT2D eigenvalue weighted by molar-refractivity contribution is -0.136. The number of halogens is 1. The molecule has 0 aromatic heterocycles. The minimum Gasteiger partial charge on any atom is -0.497 e. The summed E-state index contributed by atoms with van der Waals surface area (Å²) in [5.74, 6) is -0.606. The first-order valence-corrected chi connectivity index (χ1v) is 10.7. The molecule has 1 heterocycles. The number of rotatable bonds is 6. The van der Waals surface area contributed by atoms with E-state index in [0.29, 0.717) is 17.3 Å². The number of piperazine rings is 1. The zero-order chi connectivity index (χ0) is 22.4. The Bertz CT molecular complexity index is 912. The van der Waals surface area contributed by atoms with Crippen LogP contribution in [0.3, 0.4) is 0 Å². The van der Waals surface area contributed by atoms with Crippen LogP contribution in [0.2, 0.25) is 5.02 Å². The first-order chi connectivity index (χ1) is 14.9. The van der Waals surface area contributed by atoms with E-state index in [4.69, 9.17) is 16.3 Å². The van der Waals surface area contributed by atoms with Crippen molar-refractivity contribution in [3.63, 3.8) is 0 Å². The van der Waals surface area contributed by atoms with Gasteiger partial charge in [-0.1, -0.05) is 29.8 Å². The van der Waals surface area contributed by atoms with E-state index in [2.05, 4.69) is 27.5 Å². The highest BCUT2D eigenvalue weighted by atomic mass is 35.5. The monoisotopic (exact) mass is 444 g/mol. The van der Waals surface area contributed by atoms with Crippen LogP contribution in [-0.4, -0.2) is 68.5 Å². The van der Waals surface area contributed by atoms with Crippen LogP contribution in [0.5, 0.6) is 5.75 Å². The molecule has 2 amide bonds. The van der Waals surface area contributed by atoms with E-state index >= 15 is 0 Å². The van der Waals surface area contributed by atoms with Crippen molar-refractivity contribution in [2.75, 3.05) is 52.2 Å². The molecule has 0 radical (unpaired) electrons. The van der Waals surface area contributed by atoms with Gasteiger partial charge in [-0.05, 0) is 49.4 Å². The van der Waals surface area contributed by atoms with Gasteiger partial charge in [0.1, 0.15) is 5.75 Å². The summed E-state index contributed by atoms with van der Waals surface area (Å²) < 4.78 is 5.26. The number of carbonyl (C=O) groups excluding carboxylic acids is 2. The highest BCUT2D eigenvalue weighted by Gasteiger charge is 2.25. The van der Waals surface area contributed by atoms with Crippen LogP contribution in [-0.2, 0) is 9.59 Å². The molecule has 2 N–H and O–H groups in total. The van der Waals surface area contributed by atoms with E-state index in [1.165, 1.54) is 0 Å². The highest BCUT2D eigenvalue weighted by Crippen LogP contribution is 2.24. The molecule has 0 spiro atoms. The van der Waals surface area contributed by atoms with Gasteiger partial charge in [-0.2, -0.15) is 0 Å². The first-order valence-electron chi connectivity index (χ1n) is 10.3. The first kappa shape index (κ1) is 23.1. The van der Waals surface area contributed by atoms with Gasteiger partial charge in [-0.25, -0.2) is 0 Å². The quantitative estimate of drug-likeness (QED) is 0.670. The van der Waals surface area contributed by atoms with Crippen LogP contribution < -0.4 is 15.4 Å². The van der Waals surface area contributed by atoms with Gasteiger partial charge in [-0.3, -0.25) is 14.5 Å². The number of ether oxygens (including phenoxy) is 1. The topological polar surface area (TPSA) is 73.9 Å². The van der Waals surface area contributed by atoms with Crippen molar-refractivity contribution in [3.8, 4) is 5.75 Å². The maximum atomic E-state index is 12.5. The minimum absolute atomic E-state index is 0.0377. The molecule has 7 nitrogen and oxygen atoms in total. The summed E-state index contributed by atoms with van der Waals surface area (Å²) in [7, 11) is 3.73. The third-order valence-corrected chi connectivity index (χ3v) is 5.82. The van der Waals surface area contributed by atoms with Gasteiger partial charge in [-0.15, -0.1) is 0 Å². The number of nitrogens with zero attached hydrogens (tertiary/aromatic N) is 2. The molecule has 0 unspecified atom stereocenters. The summed E-state index contributed by atoms with van der Waals surface area (Å²) >= 11 is 6.00. The van der Waals surface area contributed by atoms with E-state index in [-0.39, 0.29) is 6.04 Å². The Morgan fingerprint density at radius 1 is 1.06 bits per heavy atom. The Morgan fingerprint density at radius 2 is 1.74 bits per heavy atom. The summed E-state index contributed by atoms with van der Waals surface area (Å²) in [5, 5.41) is 5.94. The molecule has 2 aromatic rings. The Morgan fingerprint density at radius 3 is 2.39 bits per heavy atom. The predicted octanol–water partition coefficient (Wildman–Crippen LogP) is 2.70. The number of methoxy groups -OCH3 is 1. The van der Waals surface area contributed by atoms with Gasteiger partial charge in [0.15, 0.2) is 0 Å². The van der Waals surface area contributed by atoms with Gasteiger partial charge in [0, 0.05) is 43.4 Å². The molecule has 31 heavy (non-hydrogen) atoms. The second-order valence-electron chi connectivity index (χ2n) is 7.75. The molecule has 1 saturated heterocycles. The third kappa shape index (κ3) is 6.19. The summed E-state index contributed by atoms with van der Waals surface area (Å²) in [6, 6.07) is 13.0. The summed E-state index contributed by atoms with van der Waals surface area (Å²) in [6.07, 6.45) is 0. The molecule has 166 valence electrons. The molecule has 1 fully saturated rings. The normalized spacial score (nSPS) is 15.9. The van der Waals surface area contributed by atoms with Crippen LogP contribution in [0, 0.1) is 6.92 Å². The summed E-state index contributed by atoms with van der Waals surface area (Å²) in [4.78, 5) is 29.5. The van der Waals surface area contributed by atoms with Crippen molar-refractivity contribution < 1.29 is 14.3 Å². The second kappa shape index (κ2) is 10.6. The molecule has 2 aromatic carbocycles. The molecule has 3 rings (SSSR count). The fourth-order valence-corrected chi connectivity index (χ4v) is 3.77. The van der Waals surface area contributed by atoms with Gasteiger partial charge in [0.05, 0.1) is 13.2 Å². The summed E-state index contributed by atoms with van der Waals surface area (Å²) in [5.41, 5.74) is 2.43. The van der Waals surface area contributed by atoms with Crippen molar-refractivity contribution in [1.29, 1.82) is 0 Å². The SMILES string of the molecule is COc1ccc([C@H](CNC(=O)C(=O)Nc2cc(Cl)ccc2C)N2CCN(C)CC2)cc1. The van der Waals surface area contributed by atoms with E-state index in [9.17, 15) is 9.59 Å². The van der Waals surface area contributed by atoms with E-state index in [0.717, 1.165) is 43.1 Å². The summed E-state index contributed by atoms with van der Waals surface area (Å²) in [6.45, 7) is 5.85. The van der Waals surface area contributed by atoms with Crippen LogP contribution in [0.25, 0.3) is 0 Å².